The number of anilines is 1. The van der Waals surface area contributed by atoms with Crippen molar-refractivity contribution >= 4 is 11.6 Å². The number of hydrogen-bond donors (Lipinski definition) is 1. The predicted molar refractivity (Wildman–Crippen MR) is 75.5 cm³/mol. The Labute approximate surface area is 109 Å². The van der Waals surface area contributed by atoms with Gasteiger partial charge in [0.1, 0.15) is 0 Å². The van der Waals surface area contributed by atoms with Gasteiger partial charge in [0.15, 0.2) is 0 Å². The second-order valence-corrected chi connectivity index (χ2v) is 4.88. The lowest BCUT2D eigenvalue weighted by molar-refractivity contribution is -0.127. The van der Waals surface area contributed by atoms with E-state index >= 15 is 0 Å². The van der Waals surface area contributed by atoms with Crippen LogP contribution in [-0.4, -0.2) is 37.5 Å². The maximum atomic E-state index is 11.8. The zero-order valence-electron chi connectivity index (χ0n) is 11.7. The molecule has 1 aromatic rings. The normalized spacial score (nSPS) is 10.6. The summed E-state index contributed by atoms with van der Waals surface area (Å²) in [5, 5.41) is 0. The van der Waals surface area contributed by atoms with Gasteiger partial charge in [-0.15, -0.1) is 0 Å². The van der Waals surface area contributed by atoms with Gasteiger partial charge < -0.3 is 15.5 Å². The molecular weight excluding hydrogens is 226 g/mol. The van der Waals surface area contributed by atoms with Crippen LogP contribution in [0.5, 0.6) is 0 Å². The molecule has 4 nitrogen and oxygen atoms in total. The standard InChI is InChI=1S/C14H23N3O/c1-11(2)17(10-14(18)16(3)4)13-7-5-12(9-15)6-8-13/h5-8,11H,9-10,15H2,1-4H3. The van der Waals surface area contributed by atoms with Crippen LogP contribution in [0.3, 0.4) is 0 Å². The lowest BCUT2D eigenvalue weighted by Crippen LogP contribution is -2.40. The minimum Gasteiger partial charge on any atom is -0.360 e. The molecule has 1 amide bonds. The van der Waals surface area contributed by atoms with E-state index in [4.69, 9.17) is 5.73 Å². The van der Waals surface area contributed by atoms with Crippen LogP contribution in [0.1, 0.15) is 19.4 Å². The molecule has 0 atom stereocenters. The van der Waals surface area contributed by atoms with Crippen molar-refractivity contribution in [2.75, 3.05) is 25.5 Å². The zero-order chi connectivity index (χ0) is 13.7. The molecule has 0 radical (unpaired) electrons. The topological polar surface area (TPSA) is 49.6 Å². The lowest BCUT2D eigenvalue weighted by Gasteiger charge is -2.29. The first-order valence-electron chi connectivity index (χ1n) is 6.21. The molecule has 4 heteroatoms. The van der Waals surface area contributed by atoms with Gasteiger partial charge in [-0.05, 0) is 31.5 Å². The van der Waals surface area contributed by atoms with E-state index in [9.17, 15) is 4.79 Å². The highest BCUT2D eigenvalue weighted by molar-refractivity contribution is 5.81. The highest BCUT2D eigenvalue weighted by Crippen LogP contribution is 2.17. The van der Waals surface area contributed by atoms with E-state index in [-0.39, 0.29) is 11.9 Å². The van der Waals surface area contributed by atoms with Crippen molar-refractivity contribution in [2.45, 2.75) is 26.4 Å². The van der Waals surface area contributed by atoms with Gasteiger partial charge in [0.05, 0.1) is 6.54 Å². The van der Waals surface area contributed by atoms with Gasteiger partial charge in [-0.3, -0.25) is 4.79 Å². The lowest BCUT2D eigenvalue weighted by atomic mass is 10.1. The predicted octanol–water partition coefficient (Wildman–Crippen LogP) is 1.45. The number of nitrogens with two attached hydrogens (primary N) is 1. The van der Waals surface area contributed by atoms with E-state index in [1.807, 2.05) is 24.3 Å². The second-order valence-electron chi connectivity index (χ2n) is 4.88. The van der Waals surface area contributed by atoms with Crippen LogP contribution in [0.4, 0.5) is 5.69 Å². The highest BCUT2D eigenvalue weighted by atomic mass is 16.2. The van der Waals surface area contributed by atoms with Crippen LogP contribution in [0, 0.1) is 0 Å². The summed E-state index contributed by atoms with van der Waals surface area (Å²) >= 11 is 0. The SMILES string of the molecule is CC(C)N(CC(=O)N(C)C)c1ccc(CN)cc1. The molecule has 0 aliphatic rings. The maximum Gasteiger partial charge on any atom is 0.241 e. The van der Waals surface area contributed by atoms with Gasteiger partial charge in [0.2, 0.25) is 5.91 Å². The minimum atomic E-state index is 0.103. The Bertz CT molecular complexity index is 385. The fourth-order valence-corrected chi connectivity index (χ4v) is 1.68. The second kappa shape index (κ2) is 6.40. The van der Waals surface area contributed by atoms with Gasteiger partial charge in [0.25, 0.3) is 0 Å². The first-order valence-corrected chi connectivity index (χ1v) is 6.21. The summed E-state index contributed by atoms with van der Waals surface area (Å²) in [7, 11) is 3.55. The quantitative estimate of drug-likeness (QED) is 0.859. The maximum absolute atomic E-state index is 11.8. The molecule has 0 aliphatic carbocycles. The third-order valence-electron chi connectivity index (χ3n) is 2.93. The van der Waals surface area contributed by atoms with Gasteiger partial charge in [-0.2, -0.15) is 0 Å². The Morgan fingerprint density at radius 2 is 1.78 bits per heavy atom. The number of carbonyl (C=O) groups is 1. The number of carbonyl (C=O) groups excluding carboxylic acids is 1. The Kier molecular flexibility index (Phi) is 5.16. The average Bonchev–Trinajstić information content (AvgIpc) is 2.35. The molecule has 0 spiro atoms. The minimum absolute atomic E-state index is 0.103. The molecule has 2 N–H and O–H groups in total. The van der Waals surface area contributed by atoms with Crippen molar-refractivity contribution < 1.29 is 4.79 Å². The molecule has 0 heterocycles. The summed E-state index contributed by atoms with van der Waals surface area (Å²) in [5.74, 6) is 0.103. The fraction of sp³-hybridized carbons (Fsp3) is 0.500. The number of hydrogen-bond acceptors (Lipinski definition) is 3. The molecular formula is C14H23N3O. The molecule has 1 aromatic carbocycles. The Hall–Kier alpha value is -1.55. The van der Waals surface area contributed by atoms with E-state index in [0.29, 0.717) is 13.1 Å². The monoisotopic (exact) mass is 249 g/mol. The third-order valence-corrected chi connectivity index (χ3v) is 2.93. The molecule has 0 bridgehead atoms. The summed E-state index contributed by atoms with van der Waals surface area (Å²) in [5.41, 5.74) is 7.73. The molecule has 0 fully saturated rings. The van der Waals surface area contributed by atoms with E-state index in [1.165, 1.54) is 0 Å². The molecule has 0 aromatic heterocycles. The number of benzene rings is 1. The van der Waals surface area contributed by atoms with Gasteiger partial charge in [-0.25, -0.2) is 0 Å². The van der Waals surface area contributed by atoms with Gasteiger partial charge in [0, 0.05) is 32.4 Å². The molecule has 0 aliphatic heterocycles. The fourth-order valence-electron chi connectivity index (χ4n) is 1.68. The van der Waals surface area contributed by atoms with Crippen molar-refractivity contribution in [1.82, 2.24) is 4.90 Å². The summed E-state index contributed by atoms with van der Waals surface area (Å²) in [6, 6.07) is 8.32. The molecule has 0 unspecified atom stereocenters. The van der Waals surface area contributed by atoms with E-state index in [2.05, 4.69) is 18.7 Å². The highest BCUT2D eigenvalue weighted by Gasteiger charge is 2.15. The van der Waals surface area contributed by atoms with E-state index in [0.717, 1.165) is 11.3 Å². The van der Waals surface area contributed by atoms with E-state index in [1.54, 1.807) is 19.0 Å². The van der Waals surface area contributed by atoms with Crippen LogP contribution in [-0.2, 0) is 11.3 Å². The van der Waals surface area contributed by atoms with Crippen molar-refractivity contribution in [1.29, 1.82) is 0 Å². The third kappa shape index (κ3) is 3.74. The number of likely N-dealkylation sites (N-methyl/N-ethyl adjacent to an activating group) is 1. The van der Waals surface area contributed by atoms with Gasteiger partial charge >= 0.3 is 0 Å². The smallest absolute Gasteiger partial charge is 0.241 e. The first kappa shape index (κ1) is 14.5. The molecule has 100 valence electrons. The van der Waals surface area contributed by atoms with Gasteiger partial charge in [-0.1, -0.05) is 12.1 Å². The van der Waals surface area contributed by atoms with Crippen LogP contribution in [0.15, 0.2) is 24.3 Å². The van der Waals surface area contributed by atoms with Crippen molar-refractivity contribution in [2.24, 2.45) is 5.73 Å². The Balaban J connectivity index is 2.87. The summed E-state index contributed by atoms with van der Waals surface area (Å²) in [6.07, 6.45) is 0. The largest absolute Gasteiger partial charge is 0.360 e. The zero-order valence-corrected chi connectivity index (χ0v) is 11.7. The summed E-state index contributed by atoms with van der Waals surface area (Å²) in [6.45, 7) is 5.10. The molecule has 1 rings (SSSR count). The number of rotatable bonds is 5. The summed E-state index contributed by atoms with van der Waals surface area (Å²) < 4.78 is 0. The van der Waals surface area contributed by atoms with E-state index < -0.39 is 0 Å². The number of amides is 1. The summed E-state index contributed by atoms with van der Waals surface area (Å²) in [4.78, 5) is 15.5. The molecule has 0 saturated carbocycles. The van der Waals surface area contributed by atoms with Crippen LogP contribution >= 0.6 is 0 Å². The molecule has 18 heavy (non-hydrogen) atoms. The van der Waals surface area contributed by atoms with Crippen molar-refractivity contribution in [3.05, 3.63) is 29.8 Å². The Morgan fingerprint density at radius 3 is 2.17 bits per heavy atom. The first-order chi connectivity index (χ1) is 8.45. The van der Waals surface area contributed by atoms with Crippen LogP contribution in [0.25, 0.3) is 0 Å². The molecule has 0 saturated heterocycles. The van der Waals surface area contributed by atoms with Crippen molar-refractivity contribution in [3.8, 4) is 0 Å². The average molecular weight is 249 g/mol. The Morgan fingerprint density at radius 1 is 1.22 bits per heavy atom. The van der Waals surface area contributed by atoms with Crippen LogP contribution in [0.2, 0.25) is 0 Å². The number of nitrogens with zero attached hydrogens (tertiary/aromatic N) is 2. The van der Waals surface area contributed by atoms with Crippen molar-refractivity contribution in [3.63, 3.8) is 0 Å². The van der Waals surface area contributed by atoms with Crippen LogP contribution < -0.4 is 10.6 Å².